The number of benzene rings is 1. The molecule has 0 spiro atoms. The number of rotatable bonds is 2. The van der Waals surface area contributed by atoms with Crippen LogP contribution in [0, 0.1) is 6.92 Å². The van der Waals surface area contributed by atoms with Gasteiger partial charge in [0.15, 0.2) is 0 Å². The minimum absolute atomic E-state index is 0.585. The maximum atomic E-state index is 10.2. The number of hydrogen-bond donors (Lipinski definition) is 1. The van der Waals surface area contributed by atoms with E-state index in [9.17, 15) is 5.11 Å². The zero-order valence-electron chi connectivity index (χ0n) is 9.64. The van der Waals surface area contributed by atoms with E-state index in [2.05, 4.69) is 0 Å². The maximum absolute atomic E-state index is 10.2. The third kappa shape index (κ3) is 1.88. The number of aliphatic hydroxyl groups excluding tert-OH is 1. The highest BCUT2D eigenvalue weighted by atomic mass is 16.5. The summed E-state index contributed by atoms with van der Waals surface area (Å²) in [5.41, 5.74) is 3.21. The highest BCUT2D eigenvalue weighted by Crippen LogP contribution is 2.28. The topological polar surface area (TPSA) is 42.6 Å². The lowest BCUT2D eigenvalue weighted by Crippen LogP contribution is -1.99. The number of hydrogen-bond acceptors (Lipinski definition) is 3. The van der Waals surface area contributed by atoms with Crippen molar-refractivity contribution in [3.8, 4) is 0 Å². The summed E-state index contributed by atoms with van der Waals surface area (Å²) in [6.07, 6.45) is -0.699. The molecule has 0 amide bonds. The van der Waals surface area contributed by atoms with Crippen LogP contribution in [0.1, 0.15) is 34.3 Å². The van der Waals surface area contributed by atoms with E-state index in [0.717, 1.165) is 16.9 Å². The summed E-state index contributed by atoms with van der Waals surface area (Å²) in [7, 11) is 0. The molecule has 1 aromatic heterocycles. The van der Waals surface area contributed by atoms with Crippen LogP contribution in [0.5, 0.6) is 0 Å². The summed E-state index contributed by atoms with van der Waals surface area (Å²) >= 11 is 0. The van der Waals surface area contributed by atoms with Crippen LogP contribution in [-0.4, -0.2) is 5.11 Å². The third-order valence-electron chi connectivity index (χ3n) is 3.09. The summed E-state index contributed by atoms with van der Waals surface area (Å²) in [6, 6.07) is 9.59. The number of aliphatic hydroxyl groups is 1. The van der Waals surface area contributed by atoms with E-state index in [1.54, 1.807) is 0 Å². The Bertz CT molecular complexity index is 542. The molecule has 2 aromatic rings. The minimum Gasteiger partial charge on any atom is -0.463 e. The highest BCUT2D eigenvalue weighted by Gasteiger charge is 2.17. The molecule has 0 aliphatic carbocycles. The first kappa shape index (κ1) is 10.6. The monoisotopic (exact) mass is 230 g/mol. The predicted octanol–water partition coefficient (Wildman–Crippen LogP) is 2.70. The Labute approximate surface area is 99.6 Å². The molecule has 0 saturated carbocycles. The van der Waals surface area contributed by atoms with Gasteiger partial charge in [-0.15, -0.1) is 0 Å². The molecule has 17 heavy (non-hydrogen) atoms. The van der Waals surface area contributed by atoms with Gasteiger partial charge in [0.1, 0.15) is 17.6 Å². The molecule has 1 atom stereocenters. The van der Waals surface area contributed by atoms with Gasteiger partial charge >= 0.3 is 0 Å². The van der Waals surface area contributed by atoms with Crippen LogP contribution in [-0.2, 0) is 18.0 Å². The molecule has 1 aliphatic heterocycles. The van der Waals surface area contributed by atoms with Gasteiger partial charge in [-0.1, -0.05) is 18.2 Å². The van der Waals surface area contributed by atoms with Crippen LogP contribution in [0.2, 0.25) is 0 Å². The molecular weight excluding hydrogens is 216 g/mol. The second-order valence-electron chi connectivity index (χ2n) is 4.37. The van der Waals surface area contributed by atoms with E-state index in [1.165, 1.54) is 5.56 Å². The van der Waals surface area contributed by atoms with E-state index in [-0.39, 0.29) is 0 Å². The molecule has 1 unspecified atom stereocenters. The zero-order chi connectivity index (χ0) is 11.8. The smallest absolute Gasteiger partial charge is 0.137 e. The summed E-state index contributed by atoms with van der Waals surface area (Å²) in [5.74, 6) is 1.39. The van der Waals surface area contributed by atoms with Crippen molar-refractivity contribution in [2.75, 3.05) is 0 Å². The van der Waals surface area contributed by atoms with Crippen molar-refractivity contribution in [1.29, 1.82) is 0 Å². The van der Waals surface area contributed by atoms with Gasteiger partial charge in [0.25, 0.3) is 0 Å². The molecule has 2 heterocycles. The average Bonchev–Trinajstić information content (AvgIpc) is 2.95. The normalized spacial score (nSPS) is 15.9. The molecular formula is C14H14O3. The van der Waals surface area contributed by atoms with E-state index in [0.29, 0.717) is 19.0 Å². The van der Waals surface area contributed by atoms with E-state index >= 15 is 0 Å². The third-order valence-corrected chi connectivity index (χ3v) is 3.09. The van der Waals surface area contributed by atoms with Crippen molar-refractivity contribution in [2.24, 2.45) is 0 Å². The van der Waals surface area contributed by atoms with Gasteiger partial charge in [-0.3, -0.25) is 0 Å². The summed E-state index contributed by atoms with van der Waals surface area (Å²) in [4.78, 5) is 0. The van der Waals surface area contributed by atoms with Gasteiger partial charge in [-0.2, -0.15) is 0 Å². The van der Waals surface area contributed by atoms with Gasteiger partial charge in [0.2, 0.25) is 0 Å². The van der Waals surface area contributed by atoms with Crippen LogP contribution < -0.4 is 0 Å². The summed E-state index contributed by atoms with van der Waals surface area (Å²) in [6.45, 7) is 3.17. The summed E-state index contributed by atoms with van der Waals surface area (Å²) < 4.78 is 10.8. The molecule has 3 nitrogen and oxygen atoms in total. The Hall–Kier alpha value is -1.58. The number of ether oxygens (including phenoxy) is 1. The number of furan rings is 1. The first-order chi connectivity index (χ1) is 8.24. The number of fused-ring (bicyclic) bond motifs is 1. The second kappa shape index (κ2) is 4.02. The fourth-order valence-corrected chi connectivity index (χ4v) is 2.13. The molecule has 1 aliphatic rings. The Morgan fingerprint density at radius 3 is 2.71 bits per heavy atom. The lowest BCUT2D eigenvalue weighted by atomic mass is 10.0. The van der Waals surface area contributed by atoms with Gasteiger partial charge in [-0.05, 0) is 35.7 Å². The standard InChI is InChI=1S/C14H14O3/c1-9-2-5-13(17-9)14(15)10-3-4-11-7-16-8-12(11)6-10/h2-6,14-15H,7-8H2,1H3. The molecule has 0 fully saturated rings. The first-order valence-corrected chi connectivity index (χ1v) is 5.68. The maximum Gasteiger partial charge on any atom is 0.137 e. The van der Waals surface area contributed by atoms with Gasteiger partial charge in [0.05, 0.1) is 13.2 Å². The molecule has 0 bridgehead atoms. The molecule has 0 saturated heterocycles. The van der Waals surface area contributed by atoms with Gasteiger partial charge in [0, 0.05) is 0 Å². The molecule has 3 heteroatoms. The lowest BCUT2D eigenvalue weighted by Gasteiger charge is -2.09. The van der Waals surface area contributed by atoms with Crippen molar-refractivity contribution in [1.82, 2.24) is 0 Å². The Morgan fingerprint density at radius 1 is 1.12 bits per heavy atom. The second-order valence-corrected chi connectivity index (χ2v) is 4.37. The molecule has 88 valence electrons. The Balaban J connectivity index is 1.94. The SMILES string of the molecule is Cc1ccc(C(O)c2ccc3c(c2)COC3)o1. The predicted molar refractivity (Wildman–Crippen MR) is 62.4 cm³/mol. The van der Waals surface area contributed by atoms with Crippen molar-refractivity contribution in [3.05, 3.63) is 58.5 Å². The summed E-state index contributed by atoms with van der Waals surface area (Å²) in [5, 5.41) is 10.2. The minimum atomic E-state index is -0.699. The van der Waals surface area contributed by atoms with Crippen LogP contribution in [0.25, 0.3) is 0 Å². The van der Waals surface area contributed by atoms with E-state index in [1.807, 2.05) is 37.3 Å². The van der Waals surface area contributed by atoms with Crippen LogP contribution in [0.4, 0.5) is 0 Å². The first-order valence-electron chi connectivity index (χ1n) is 5.68. The van der Waals surface area contributed by atoms with E-state index < -0.39 is 6.10 Å². The average molecular weight is 230 g/mol. The largest absolute Gasteiger partial charge is 0.463 e. The highest BCUT2D eigenvalue weighted by molar-refractivity contribution is 5.36. The lowest BCUT2D eigenvalue weighted by molar-refractivity contribution is 0.134. The van der Waals surface area contributed by atoms with Gasteiger partial charge in [-0.25, -0.2) is 0 Å². The quantitative estimate of drug-likeness (QED) is 0.862. The number of aryl methyl sites for hydroxylation is 1. The Morgan fingerprint density at radius 2 is 1.94 bits per heavy atom. The van der Waals surface area contributed by atoms with Crippen LogP contribution >= 0.6 is 0 Å². The van der Waals surface area contributed by atoms with Crippen molar-refractivity contribution in [2.45, 2.75) is 26.2 Å². The molecule has 1 aromatic carbocycles. The van der Waals surface area contributed by atoms with Crippen molar-refractivity contribution >= 4 is 0 Å². The fraction of sp³-hybridized carbons (Fsp3) is 0.286. The van der Waals surface area contributed by atoms with Crippen molar-refractivity contribution in [3.63, 3.8) is 0 Å². The zero-order valence-corrected chi connectivity index (χ0v) is 9.64. The van der Waals surface area contributed by atoms with Crippen molar-refractivity contribution < 1.29 is 14.3 Å². The van der Waals surface area contributed by atoms with E-state index in [4.69, 9.17) is 9.15 Å². The van der Waals surface area contributed by atoms with Gasteiger partial charge < -0.3 is 14.3 Å². The van der Waals surface area contributed by atoms with Crippen LogP contribution in [0.3, 0.4) is 0 Å². The van der Waals surface area contributed by atoms with Crippen LogP contribution in [0.15, 0.2) is 34.7 Å². The fourth-order valence-electron chi connectivity index (χ4n) is 2.13. The Kier molecular flexibility index (Phi) is 2.50. The molecule has 3 rings (SSSR count). The molecule has 0 radical (unpaired) electrons. The molecule has 1 N–H and O–H groups in total.